The Kier molecular flexibility index (Phi) is 4.81. The number of nitrogens with zero attached hydrogens (tertiary/aromatic N) is 2. The molecule has 0 unspecified atom stereocenters. The van der Waals surface area contributed by atoms with Gasteiger partial charge in [-0.3, -0.25) is 4.98 Å². The highest BCUT2D eigenvalue weighted by Gasteiger charge is 2.13. The standard InChI is InChI=1S/C16H14Cl2N4O/c17-12-2-1-11(7-13(12)18)16(22-23-6-4-19)14-8-10-3-5-20-9-15(10)21-14/h1-3,5,7-9,21H,4,6,19H2. The fourth-order valence-corrected chi connectivity index (χ4v) is 2.46. The van der Waals surface area contributed by atoms with Crippen molar-refractivity contribution in [3.05, 3.63) is 64.0 Å². The molecule has 3 aromatic rings. The van der Waals surface area contributed by atoms with E-state index in [0.717, 1.165) is 22.2 Å². The molecule has 0 bridgehead atoms. The first-order valence-corrected chi connectivity index (χ1v) is 7.73. The number of hydrogen-bond acceptors (Lipinski definition) is 4. The molecule has 0 fully saturated rings. The number of H-pyrrole nitrogens is 1. The van der Waals surface area contributed by atoms with Crippen LogP contribution in [0, 0.1) is 0 Å². The summed E-state index contributed by atoms with van der Waals surface area (Å²) in [6.45, 7) is 0.710. The molecule has 0 spiro atoms. The Morgan fingerprint density at radius 3 is 2.83 bits per heavy atom. The molecular weight excluding hydrogens is 335 g/mol. The largest absolute Gasteiger partial charge is 0.394 e. The van der Waals surface area contributed by atoms with Crippen LogP contribution in [0.4, 0.5) is 0 Å². The maximum Gasteiger partial charge on any atom is 0.133 e. The van der Waals surface area contributed by atoms with E-state index in [9.17, 15) is 0 Å². The van der Waals surface area contributed by atoms with Gasteiger partial charge in [0, 0.05) is 23.7 Å². The average molecular weight is 349 g/mol. The lowest BCUT2D eigenvalue weighted by Gasteiger charge is -2.06. The number of nitrogens with one attached hydrogen (secondary N) is 1. The van der Waals surface area contributed by atoms with Gasteiger partial charge >= 0.3 is 0 Å². The van der Waals surface area contributed by atoms with Gasteiger partial charge in [0.2, 0.25) is 0 Å². The lowest BCUT2D eigenvalue weighted by Crippen LogP contribution is -2.09. The molecule has 0 amide bonds. The summed E-state index contributed by atoms with van der Waals surface area (Å²) in [4.78, 5) is 12.6. The van der Waals surface area contributed by atoms with E-state index in [1.807, 2.05) is 18.2 Å². The van der Waals surface area contributed by atoms with Crippen LogP contribution in [0.1, 0.15) is 11.3 Å². The molecule has 0 aliphatic rings. The molecule has 0 radical (unpaired) electrons. The van der Waals surface area contributed by atoms with E-state index in [-0.39, 0.29) is 0 Å². The van der Waals surface area contributed by atoms with Gasteiger partial charge in [-0.1, -0.05) is 34.4 Å². The number of aromatic amines is 1. The van der Waals surface area contributed by atoms with Crippen molar-refractivity contribution in [2.45, 2.75) is 0 Å². The minimum atomic E-state index is 0.326. The summed E-state index contributed by atoms with van der Waals surface area (Å²) in [6.07, 6.45) is 3.49. The Bertz CT molecular complexity index is 827. The SMILES string of the molecule is NCCON=C(c1ccc(Cl)c(Cl)c1)c1cc2ccncc2[nH]1. The van der Waals surface area contributed by atoms with Crippen molar-refractivity contribution in [3.63, 3.8) is 0 Å². The van der Waals surface area contributed by atoms with Gasteiger partial charge < -0.3 is 15.6 Å². The summed E-state index contributed by atoms with van der Waals surface area (Å²) >= 11 is 12.1. The minimum absolute atomic E-state index is 0.326. The first-order chi connectivity index (χ1) is 11.2. The highest BCUT2D eigenvalue weighted by atomic mass is 35.5. The molecule has 2 heterocycles. The van der Waals surface area contributed by atoms with Gasteiger partial charge in [-0.05, 0) is 24.3 Å². The fourth-order valence-electron chi connectivity index (χ4n) is 2.16. The maximum atomic E-state index is 6.12. The Labute approximate surface area is 143 Å². The van der Waals surface area contributed by atoms with Gasteiger partial charge in [0.1, 0.15) is 12.3 Å². The number of rotatable bonds is 5. The van der Waals surface area contributed by atoms with Gasteiger partial charge in [-0.2, -0.15) is 0 Å². The molecule has 7 heteroatoms. The highest BCUT2D eigenvalue weighted by molar-refractivity contribution is 6.42. The van der Waals surface area contributed by atoms with Gasteiger partial charge in [-0.25, -0.2) is 0 Å². The van der Waals surface area contributed by atoms with Crippen molar-refractivity contribution in [2.24, 2.45) is 10.9 Å². The van der Waals surface area contributed by atoms with Crippen LogP contribution < -0.4 is 5.73 Å². The van der Waals surface area contributed by atoms with Crippen LogP contribution in [0.25, 0.3) is 10.9 Å². The van der Waals surface area contributed by atoms with Crippen LogP contribution in [-0.2, 0) is 4.84 Å². The second-order valence-electron chi connectivity index (χ2n) is 4.84. The molecule has 0 aliphatic heterocycles. The topological polar surface area (TPSA) is 76.3 Å². The zero-order valence-corrected chi connectivity index (χ0v) is 13.6. The summed E-state index contributed by atoms with van der Waals surface area (Å²) in [5, 5.41) is 6.17. The predicted molar refractivity (Wildman–Crippen MR) is 93.2 cm³/mol. The van der Waals surface area contributed by atoms with Crippen molar-refractivity contribution < 1.29 is 4.84 Å². The Morgan fingerprint density at radius 2 is 2.09 bits per heavy atom. The maximum absolute atomic E-state index is 6.12. The zero-order chi connectivity index (χ0) is 16.2. The first-order valence-electron chi connectivity index (χ1n) is 6.97. The van der Waals surface area contributed by atoms with E-state index >= 15 is 0 Å². The number of hydrogen-bond donors (Lipinski definition) is 2. The van der Waals surface area contributed by atoms with Crippen LogP contribution >= 0.6 is 23.2 Å². The summed E-state index contributed by atoms with van der Waals surface area (Å²) in [7, 11) is 0. The summed E-state index contributed by atoms with van der Waals surface area (Å²) in [5.41, 5.74) is 8.56. The number of oxime groups is 1. The number of halogens is 2. The Hall–Kier alpha value is -2.08. The van der Waals surface area contributed by atoms with Gasteiger partial charge in [-0.15, -0.1) is 0 Å². The second-order valence-corrected chi connectivity index (χ2v) is 5.65. The first kappa shape index (κ1) is 15.8. The Balaban J connectivity index is 2.07. The molecule has 5 nitrogen and oxygen atoms in total. The van der Waals surface area contributed by atoms with Crippen LogP contribution in [0.2, 0.25) is 10.0 Å². The molecule has 2 aromatic heterocycles. The third kappa shape index (κ3) is 3.47. The third-order valence-corrected chi connectivity index (χ3v) is 3.98. The van der Waals surface area contributed by atoms with E-state index in [0.29, 0.717) is 28.9 Å². The van der Waals surface area contributed by atoms with E-state index in [1.165, 1.54) is 0 Å². The smallest absolute Gasteiger partial charge is 0.133 e. The van der Waals surface area contributed by atoms with Crippen molar-refractivity contribution >= 4 is 39.8 Å². The molecule has 1 aromatic carbocycles. The quantitative estimate of drug-likeness (QED) is 0.420. The molecular formula is C16H14Cl2N4O. The second kappa shape index (κ2) is 7.00. The van der Waals surface area contributed by atoms with E-state index in [1.54, 1.807) is 24.5 Å². The lowest BCUT2D eigenvalue weighted by molar-refractivity contribution is 0.152. The molecule has 3 N–H and O–H groups in total. The molecule has 0 saturated heterocycles. The zero-order valence-electron chi connectivity index (χ0n) is 12.1. The van der Waals surface area contributed by atoms with E-state index < -0.39 is 0 Å². The molecule has 118 valence electrons. The number of nitrogens with two attached hydrogens (primary N) is 1. The van der Waals surface area contributed by atoms with Crippen molar-refractivity contribution in [3.8, 4) is 0 Å². The van der Waals surface area contributed by atoms with Gasteiger partial charge in [0.15, 0.2) is 0 Å². The molecule has 0 atom stereocenters. The van der Waals surface area contributed by atoms with Crippen molar-refractivity contribution in [1.82, 2.24) is 9.97 Å². The van der Waals surface area contributed by atoms with E-state index in [2.05, 4.69) is 15.1 Å². The Morgan fingerprint density at radius 1 is 1.22 bits per heavy atom. The number of benzene rings is 1. The predicted octanol–water partition coefficient (Wildman–Crippen LogP) is 3.60. The van der Waals surface area contributed by atoms with Gasteiger partial charge in [0.05, 0.1) is 27.5 Å². The minimum Gasteiger partial charge on any atom is -0.394 e. The highest BCUT2D eigenvalue weighted by Crippen LogP contribution is 2.25. The van der Waals surface area contributed by atoms with E-state index in [4.69, 9.17) is 33.8 Å². The number of aromatic nitrogens is 2. The number of pyridine rings is 1. The van der Waals surface area contributed by atoms with Crippen LogP contribution in [0.3, 0.4) is 0 Å². The van der Waals surface area contributed by atoms with Crippen LogP contribution in [0.5, 0.6) is 0 Å². The molecule has 3 rings (SSSR count). The fraction of sp³-hybridized carbons (Fsp3) is 0.125. The van der Waals surface area contributed by atoms with Crippen LogP contribution in [-0.4, -0.2) is 28.8 Å². The molecule has 23 heavy (non-hydrogen) atoms. The lowest BCUT2D eigenvalue weighted by atomic mass is 10.1. The van der Waals surface area contributed by atoms with Gasteiger partial charge in [0.25, 0.3) is 0 Å². The third-order valence-electron chi connectivity index (χ3n) is 3.24. The van der Waals surface area contributed by atoms with Crippen molar-refractivity contribution in [2.75, 3.05) is 13.2 Å². The summed E-state index contributed by atoms with van der Waals surface area (Å²) in [5.74, 6) is 0. The monoisotopic (exact) mass is 348 g/mol. The number of fused-ring (bicyclic) bond motifs is 1. The van der Waals surface area contributed by atoms with Crippen LogP contribution in [0.15, 0.2) is 47.9 Å². The average Bonchev–Trinajstić information content (AvgIpc) is 2.98. The summed E-state index contributed by atoms with van der Waals surface area (Å²) in [6, 6.07) is 9.20. The molecule has 0 saturated carbocycles. The molecule has 0 aliphatic carbocycles. The normalized spacial score (nSPS) is 11.9. The summed E-state index contributed by atoms with van der Waals surface area (Å²) < 4.78 is 0. The van der Waals surface area contributed by atoms with Crippen molar-refractivity contribution in [1.29, 1.82) is 0 Å².